The number of terminal acetylenes is 1. The van der Waals surface area contributed by atoms with Crippen molar-refractivity contribution < 1.29 is 4.79 Å². The Labute approximate surface area is 98.6 Å². The molecule has 0 spiro atoms. The topological polar surface area (TPSA) is 32.3 Å². The van der Waals surface area contributed by atoms with Gasteiger partial charge in [0, 0.05) is 13.1 Å². The molecule has 0 aromatic carbocycles. The minimum absolute atomic E-state index is 0.174. The zero-order valence-corrected chi connectivity index (χ0v) is 10.4. The molecule has 0 bridgehead atoms. The molecule has 1 fully saturated rings. The Bertz CT molecular complexity index is 278. The van der Waals surface area contributed by atoms with Crippen LogP contribution in [-0.2, 0) is 4.79 Å². The third kappa shape index (κ3) is 4.24. The normalized spacial score (nSPS) is 19.9. The minimum atomic E-state index is 0.174. The summed E-state index contributed by atoms with van der Waals surface area (Å²) in [5, 5.41) is 2.95. The second kappa shape index (κ2) is 5.91. The summed E-state index contributed by atoms with van der Waals surface area (Å²) in [6.07, 6.45) is 8.52. The van der Waals surface area contributed by atoms with E-state index < -0.39 is 0 Å². The molecule has 0 aromatic heterocycles. The number of hydrogen-bond acceptors (Lipinski definition) is 2. The number of hydrogen-bond donors (Lipinski definition) is 1. The molecule has 1 saturated heterocycles. The van der Waals surface area contributed by atoms with Crippen molar-refractivity contribution in [1.29, 1.82) is 0 Å². The van der Waals surface area contributed by atoms with Gasteiger partial charge >= 0.3 is 0 Å². The van der Waals surface area contributed by atoms with Crippen LogP contribution in [0.1, 0.15) is 33.1 Å². The van der Waals surface area contributed by atoms with Gasteiger partial charge in [-0.15, -0.1) is 6.42 Å². The highest BCUT2D eigenvalue weighted by Crippen LogP contribution is 2.29. The molecule has 0 radical (unpaired) electrons. The van der Waals surface area contributed by atoms with Crippen LogP contribution < -0.4 is 5.32 Å². The molecule has 0 aliphatic carbocycles. The summed E-state index contributed by atoms with van der Waals surface area (Å²) in [6.45, 7) is 7.15. The quantitative estimate of drug-likeness (QED) is 0.576. The Morgan fingerprint density at radius 1 is 1.44 bits per heavy atom. The predicted octanol–water partition coefficient (Wildman–Crippen LogP) is 1.25. The molecule has 90 valence electrons. The molecule has 0 atom stereocenters. The van der Waals surface area contributed by atoms with Gasteiger partial charge in [0.1, 0.15) is 0 Å². The number of nitrogens with zero attached hydrogens (tertiary/aromatic N) is 1. The Morgan fingerprint density at radius 2 is 2.19 bits per heavy atom. The maximum Gasteiger partial charge on any atom is 0.236 e. The highest BCUT2D eigenvalue weighted by molar-refractivity contribution is 5.78. The van der Waals surface area contributed by atoms with E-state index >= 15 is 0 Å². The molecule has 0 saturated carbocycles. The van der Waals surface area contributed by atoms with Crippen molar-refractivity contribution in [1.82, 2.24) is 10.2 Å². The Balaban J connectivity index is 2.37. The van der Waals surface area contributed by atoms with Crippen molar-refractivity contribution in [3.63, 3.8) is 0 Å². The summed E-state index contributed by atoms with van der Waals surface area (Å²) in [5.74, 6) is 2.64. The van der Waals surface area contributed by atoms with Crippen molar-refractivity contribution in [3.8, 4) is 12.3 Å². The van der Waals surface area contributed by atoms with Crippen molar-refractivity contribution in [2.45, 2.75) is 33.1 Å². The summed E-state index contributed by atoms with van der Waals surface area (Å²) in [6, 6.07) is 0. The number of likely N-dealkylation sites (tertiary alicyclic amines) is 1. The van der Waals surface area contributed by atoms with Crippen molar-refractivity contribution in [3.05, 3.63) is 0 Å². The lowest BCUT2D eigenvalue weighted by Crippen LogP contribution is -2.39. The summed E-state index contributed by atoms with van der Waals surface area (Å²) in [7, 11) is 0. The monoisotopic (exact) mass is 222 g/mol. The van der Waals surface area contributed by atoms with Crippen molar-refractivity contribution in [2.75, 3.05) is 26.2 Å². The van der Waals surface area contributed by atoms with Crippen molar-refractivity contribution in [2.24, 2.45) is 5.41 Å². The highest BCUT2D eigenvalue weighted by Gasteiger charge is 2.24. The first-order valence-corrected chi connectivity index (χ1v) is 5.97. The lowest BCUT2D eigenvalue weighted by Gasteiger charge is -2.23. The van der Waals surface area contributed by atoms with E-state index in [1.54, 1.807) is 0 Å². The first-order valence-electron chi connectivity index (χ1n) is 5.97. The molecule has 1 aliphatic rings. The van der Waals surface area contributed by atoms with Gasteiger partial charge < -0.3 is 4.90 Å². The minimum Gasteiger partial charge on any atom is -0.342 e. The fourth-order valence-corrected chi connectivity index (χ4v) is 2.03. The van der Waals surface area contributed by atoms with Gasteiger partial charge in [-0.1, -0.05) is 19.8 Å². The summed E-state index contributed by atoms with van der Waals surface area (Å²) < 4.78 is 0. The maximum atomic E-state index is 11.8. The van der Waals surface area contributed by atoms with Crippen LogP contribution >= 0.6 is 0 Å². The van der Waals surface area contributed by atoms with Gasteiger partial charge in [-0.3, -0.25) is 10.1 Å². The van der Waals surface area contributed by atoms with Gasteiger partial charge in [0.05, 0.1) is 13.1 Å². The molecule has 0 aromatic rings. The van der Waals surface area contributed by atoms with E-state index in [1.165, 1.54) is 6.42 Å². The second-order valence-electron chi connectivity index (χ2n) is 5.21. The molecule has 0 unspecified atom stereocenters. The smallest absolute Gasteiger partial charge is 0.236 e. The van der Waals surface area contributed by atoms with Crippen LogP contribution in [0.4, 0.5) is 0 Å². The van der Waals surface area contributed by atoms with Gasteiger partial charge in [-0.25, -0.2) is 0 Å². The van der Waals surface area contributed by atoms with Gasteiger partial charge in [-0.05, 0) is 24.7 Å². The van der Waals surface area contributed by atoms with E-state index in [2.05, 4.69) is 25.1 Å². The number of carbonyl (C=O) groups excluding carboxylic acids is 1. The molecular weight excluding hydrogens is 200 g/mol. The summed E-state index contributed by atoms with van der Waals surface area (Å²) in [4.78, 5) is 13.8. The summed E-state index contributed by atoms with van der Waals surface area (Å²) >= 11 is 0. The van der Waals surface area contributed by atoms with Crippen molar-refractivity contribution >= 4 is 5.91 Å². The molecule has 1 amide bonds. The fraction of sp³-hybridized carbons (Fsp3) is 0.769. The Hall–Kier alpha value is -1.01. The number of amides is 1. The van der Waals surface area contributed by atoms with Crippen LogP contribution in [0.25, 0.3) is 0 Å². The molecule has 1 heterocycles. The van der Waals surface area contributed by atoms with E-state index in [9.17, 15) is 4.79 Å². The van der Waals surface area contributed by atoms with Crippen LogP contribution in [0.3, 0.4) is 0 Å². The molecule has 1 rings (SSSR count). The third-order valence-electron chi connectivity index (χ3n) is 3.20. The number of rotatable bonds is 3. The molecule has 1 N–H and O–H groups in total. The van der Waals surface area contributed by atoms with E-state index in [0.717, 1.165) is 25.9 Å². The van der Waals surface area contributed by atoms with Crippen LogP contribution in [-0.4, -0.2) is 37.0 Å². The lowest BCUT2D eigenvalue weighted by molar-refractivity contribution is -0.130. The SMILES string of the molecule is C#CCNCC(=O)N1CCCC(C)(C)CC1. The maximum absolute atomic E-state index is 11.8. The Morgan fingerprint density at radius 3 is 2.88 bits per heavy atom. The van der Waals surface area contributed by atoms with Crippen LogP contribution in [0.2, 0.25) is 0 Å². The second-order valence-corrected chi connectivity index (χ2v) is 5.21. The average molecular weight is 222 g/mol. The first kappa shape index (κ1) is 13.1. The molecular formula is C13H22N2O. The van der Waals surface area contributed by atoms with E-state index in [1.807, 2.05) is 4.90 Å². The van der Waals surface area contributed by atoms with E-state index in [0.29, 0.717) is 18.5 Å². The van der Waals surface area contributed by atoms with Crippen LogP contribution in [0, 0.1) is 17.8 Å². The number of carbonyl (C=O) groups is 1. The first-order chi connectivity index (χ1) is 7.55. The fourth-order valence-electron chi connectivity index (χ4n) is 2.03. The molecule has 3 heteroatoms. The number of nitrogens with one attached hydrogen (secondary N) is 1. The molecule has 3 nitrogen and oxygen atoms in total. The Kier molecular flexibility index (Phi) is 4.82. The zero-order valence-electron chi connectivity index (χ0n) is 10.4. The van der Waals surface area contributed by atoms with Gasteiger partial charge in [0.25, 0.3) is 0 Å². The largest absolute Gasteiger partial charge is 0.342 e. The van der Waals surface area contributed by atoms with Gasteiger partial charge in [-0.2, -0.15) is 0 Å². The summed E-state index contributed by atoms with van der Waals surface area (Å²) in [5.41, 5.74) is 0.376. The van der Waals surface area contributed by atoms with E-state index in [-0.39, 0.29) is 5.91 Å². The van der Waals surface area contributed by atoms with Gasteiger partial charge in [0.15, 0.2) is 0 Å². The van der Waals surface area contributed by atoms with Crippen LogP contribution in [0.15, 0.2) is 0 Å². The molecule has 1 aliphatic heterocycles. The predicted molar refractivity (Wildman–Crippen MR) is 65.9 cm³/mol. The highest BCUT2D eigenvalue weighted by atomic mass is 16.2. The van der Waals surface area contributed by atoms with E-state index in [4.69, 9.17) is 6.42 Å². The average Bonchev–Trinajstić information content (AvgIpc) is 2.39. The molecule has 16 heavy (non-hydrogen) atoms. The van der Waals surface area contributed by atoms with Gasteiger partial charge in [0.2, 0.25) is 5.91 Å². The zero-order chi connectivity index (χ0) is 12.0. The van der Waals surface area contributed by atoms with Crippen LogP contribution in [0.5, 0.6) is 0 Å². The standard InChI is InChI=1S/C13H22N2O/c1-4-8-14-11-12(16)15-9-5-6-13(2,3)7-10-15/h1,14H,5-11H2,2-3H3. The third-order valence-corrected chi connectivity index (χ3v) is 3.20. The lowest BCUT2D eigenvalue weighted by atomic mass is 9.85.